The summed E-state index contributed by atoms with van der Waals surface area (Å²) in [5.41, 5.74) is 0.679. The minimum Gasteiger partial charge on any atom is -0.369 e. The average Bonchev–Trinajstić information content (AvgIpc) is 2.87. The zero-order valence-electron chi connectivity index (χ0n) is 8.90. The summed E-state index contributed by atoms with van der Waals surface area (Å²) in [7, 11) is 0. The molecular weight excluding hydrogens is 258 g/mol. The molecule has 1 aromatic carbocycles. The first-order valence-electron chi connectivity index (χ1n) is 4.73. The van der Waals surface area contributed by atoms with Crippen molar-refractivity contribution in [3.63, 3.8) is 0 Å². The van der Waals surface area contributed by atoms with Crippen molar-refractivity contribution in [2.24, 2.45) is 5.90 Å². The lowest BCUT2D eigenvalue weighted by atomic mass is 10.2. The summed E-state index contributed by atoms with van der Waals surface area (Å²) in [5, 5.41) is 11.1. The first-order valence-corrected chi connectivity index (χ1v) is 5.55. The fraction of sp³-hybridized carbons (Fsp3) is 0. The van der Waals surface area contributed by atoms with Crippen molar-refractivity contribution in [3.05, 3.63) is 45.5 Å². The molecule has 8 heteroatoms. The molecule has 7 nitrogen and oxygen atoms in total. The topological polar surface area (TPSA) is 108 Å². The van der Waals surface area contributed by atoms with E-state index in [4.69, 9.17) is 5.90 Å². The van der Waals surface area contributed by atoms with Crippen LogP contribution in [0.15, 0.2) is 30.5 Å². The Labute approximate surface area is 105 Å². The Morgan fingerprint density at radius 2 is 2.06 bits per heavy atom. The van der Waals surface area contributed by atoms with Gasteiger partial charge in [0, 0.05) is 17.7 Å². The molecule has 2 N–H and O–H groups in total. The molecule has 92 valence electrons. The van der Waals surface area contributed by atoms with E-state index in [1.807, 2.05) is 0 Å². The first-order chi connectivity index (χ1) is 8.61. The molecule has 0 fully saturated rings. The largest absolute Gasteiger partial charge is 0.369 e. The van der Waals surface area contributed by atoms with Gasteiger partial charge in [0.15, 0.2) is 0 Å². The number of nitrogens with two attached hydrogens (primary N) is 1. The van der Waals surface area contributed by atoms with Crippen LogP contribution in [0.1, 0.15) is 9.67 Å². The van der Waals surface area contributed by atoms with Gasteiger partial charge in [-0.05, 0) is 12.1 Å². The van der Waals surface area contributed by atoms with E-state index in [0.29, 0.717) is 10.6 Å². The Bertz CT molecular complexity index is 593. The summed E-state index contributed by atoms with van der Waals surface area (Å²) < 4.78 is 0. The first kappa shape index (κ1) is 12.1. The number of carbonyl (C=O) groups is 1. The van der Waals surface area contributed by atoms with Crippen molar-refractivity contribution in [2.75, 3.05) is 0 Å². The average molecular weight is 265 g/mol. The number of thiazole rings is 1. The van der Waals surface area contributed by atoms with Gasteiger partial charge in [-0.3, -0.25) is 10.1 Å². The van der Waals surface area contributed by atoms with E-state index >= 15 is 0 Å². The van der Waals surface area contributed by atoms with Gasteiger partial charge in [-0.25, -0.2) is 9.78 Å². The van der Waals surface area contributed by atoms with E-state index in [-0.39, 0.29) is 10.6 Å². The van der Waals surface area contributed by atoms with Crippen LogP contribution >= 0.6 is 11.3 Å². The summed E-state index contributed by atoms with van der Waals surface area (Å²) >= 11 is 1.10. The third-order valence-corrected chi connectivity index (χ3v) is 3.17. The van der Waals surface area contributed by atoms with Crippen molar-refractivity contribution < 1.29 is 14.6 Å². The highest BCUT2D eigenvalue weighted by atomic mass is 32.1. The van der Waals surface area contributed by atoms with Gasteiger partial charge in [-0.2, -0.15) is 5.90 Å². The molecule has 0 saturated heterocycles. The molecule has 0 aliphatic carbocycles. The van der Waals surface area contributed by atoms with Crippen LogP contribution in [-0.4, -0.2) is 15.9 Å². The molecule has 0 radical (unpaired) electrons. The highest BCUT2D eigenvalue weighted by Crippen LogP contribution is 2.26. The number of hydrogen-bond acceptors (Lipinski definition) is 7. The Morgan fingerprint density at radius 3 is 2.61 bits per heavy atom. The number of nitro groups is 1. The number of benzene rings is 1. The number of rotatable bonds is 3. The van der Waals surface area contributed by atoms with Crippen LogP contribution in [0.4, 0.5) is 5.69 Å². The molecule has 0 bridgehead atoms. The Morgan fingerprint density at radius 1 is 1.39 bits per heavy atom. The zero-order valence-corrected chi connectivity index (χ0v) is 9.72. The summed E-state index contributed by atoms with van der Waals surface area (Å²) in [6.07, 6.45) is 1.34. The second-order valence-corrected chi connectivity index (χ2v) is 4.27. The molecule has 2 aromatic rings. The van der Waals surface area contributed by atoms with Gasteiger partial charge in [0.1, 0.15) is 9.88 Å². The number of hydrogen-bond donors (Lipinski definition) is 1. The SMILES string of the molecule is NOC(=O)c1cnc(-c2ccc([N+](=O)[O-])cc2)s1. The second kappa shape index (κ2) is 4.90. The van der Waals surface area contributed by atoms with Crippen LogP contribution in [0, 0.1) is 10.1 Å². The van der Waals surface area contributed by atoms with Gasteiger partial charge in [-0.1, -0.05) is 0 Å². The lowest BCUT2D eigenvalue weighted by Crippen LogP contribution is -2.07. The number of nitrogens with zero attached hydrogens (tertiary/aromatic N) is 2. The van der Waals surface area contributed by atoms with Crippen LogP contribution in [0.5, 0.6) is 0 Å². The lowest BCUT2D eigenvalue weighted by Gasteiger charge is -1.95. The minimum absolute atomic E-state index is 0.00287. The van der Waals surface area contributed by atoms with Crippen LogP contribution in [0.2, 0.25) is 0 Å². The second-order valence-electron chi connectivity index (χ2n) is 3.24. The van der Waals surface area contributed by atoms with E-state index in [2.05, 4.69) is 9.82 Å². The van der Waals surface area contributed by atoms with Crippen molar-refractivity contribution >= 4 is 23.0 Å². The molecule has 2 rings (SSSR count). The predicted molar refractivity (Wildman–Crippen MR) is 63.8 cm³/mol. The monoisotopic (exact) mass is 265 g/mol. The molecule has 1 aromatic heterocycles. The minimum atomic E-state index is -0.666. The molecule has 0 saturated carbocycles. The van der Waals surface area contributed by atoms with Crippen LogP contribution in [0.3, 0.4) is 0 Å². The highest BCUT2D eigenvalue weighted by molar-refractivity contribution is 7.16. The lowest BCUT2D eigenvalue weighted by molar-refractivity contribution is -0.384. The Balaban J connectivity index is 2.29. The standard InChI is InChI=1S/C10H7N3O4S/c11-17-10(14)8-5-12-9(18-8)6-1-3-7(4-2-6)13(15)16/h1-5H,11H2. The predicted octanol–water partition coefficient (Wildman–Crippen LogP) is 1.75. The van der Waals surface area contributed by atoms with E-state index < -0.39 is 10.9 Å². The molecule has 0 spiro atoms. The number of carbonyl (C=O) groups excluding carboxylic acids is 1. The number of nitro benzene ring substituents is 1. The smallest absolute Gasteiger partial charge is 0.368 e. The maximum atomic E-state index is 11.1. The maximum Gasteiger partial charge on any atom is 0.368 e. The maximum absolute atomic E-state index is 11.1. The third-order valence-electron chi connectivity index (χ3n) is 2.14. The van der Waals surface area contributed by atoms with Gasteiger partial charge < -0.3 is 4.84 Å². The normalized spacial score (nSPS) is 10.1. The molecule has 0 aliphatic rings. The van der Waals surface area contributed by atoms with E-state index in [1.165, 1.54) is 18.3 Å². The molecule has 1 heterocycles. The summed E-state index contributed by atoms with van der Waals surface area (Å²) in [4.78, 5) is 29.5. The molecular formula is C10H7N3O4S. The van der Waals surface area contributed by atoms with E-state index in [1.54, 1.807) is 12.1 Å². The van der Waals surface area contributed by atoms with Gasteiger partial charge >= 0.3 is 5.97 Å². The molecule has 0 unspecified atom stereocenters. The zero-order chi connectivity index (χ0) is 13.1. The van der Waals surface area contributed by atoms with Crippen LogP contribution in [-0.2, 0) is 4.84 Å². The summed E-state index contributed by atoms with van der Waals surface area (Å²) in [6.45, 7) is 0. The molecule has 0 aliphatic heterocycles. The summed E-state index contributed by atoms with van der Waals surface area (Å²) in [5.74, 6) is 4.09. The number of aromatic nitrogens is 1. The highest BCUT2D eigenvalue weighted by Gasteiger charge is 2.13. The van der Waals surface area contributed by atoms with Crippen molar-refractivity contribution in [1.82, 2.24) is 4.98 Å². The van der Waals surface area contributed by atoms with Crippen LogP contribution in [0.25, 0.3) is 10.6 Å². The van der Waals surface area contributed by atoms with Gasteiger partial charge in [-0.15, -0.1) is 11.3 Å². The van der Waals surface area contributed by atoms with Crippen molar-refractivity contribution in [1.29, 1.82) is 0 Å². The molecule has 0 amide bonds. The van der Waals surface area contributed by atoms with Gasteiger partial charge in [0.05, 0.1) is 11.1 Å². The Hall–Kier alpha value is -2.32. The van der Waals surface area contributed by atoms with E-state index in [0.717, 1.165) is 11.3 Å². The Kier molecular flexibility index (Phi) is 3.31. The number of non-ortho nitro benzene ring substituents is 1. The van der Waals surface area contributed by atoms with Crippen molar-refractivity contribution in [3.8, 4) is 10.6 Å². The van der Waals surface area contributed by atoms with Crippen LogP contribution < -0.4 is 5.90 Å². The third kappa shape index (κ3) is 2.34. The summed E-state index contributed by atoms with van der Waals surface area (Å²) in [6, 6.07) is 5.87. The fourth-order valence-electron chi connectivity index (χ4n) is 1.29. The van der Waals surface area contributed by atoms with Gasteiger partial charge in [0.25, 0.3) is 5.69 Å². The fourth-order valence-corrected chi connectivity index (χ4v) is 2.09. The van der Waals surface area contributed by atoms with Gasteiger partial charge in [0.2, 0.25) is 0 Å². The van der Waals surface area contributed by atoms with E-state index in [9.17, 15) is 14.9 Å². The van der Waals surface area contributed by atoms with Crippen molar-refractivity contribution in [2.45, 2.75) is 0 Å². The molecule has 18 heavy (non-hydrogen) atoms. The molecule has 0 atom stereocenters. The quantitative estimate of drug-likeness (QED) is 0.668.